The predicted molar refractivity (Wildman–Crippen MR) is 112 cm³/mol. The lowest BCUT2D eigenvalue weighted by atomic mass is 10.0. The molecular weight excluding hydrogens is 453 g/mol. The smallest absolute Gasteiger partial charge is 0.252 e. The van der Waals surface area contributed by atoms with Crippen molar-refractivity contribution in [3.63, 3.8) is 0 Å². The van der Waals surface area contributed by atoms with Gasteiger partial charge in [-0.1, -0.05) is 48.5 Å². The molecule has 136 valence electrons. The van der Waals surface area contributed by atoms with Crippen LogP contribution in [0.25, 0.3) is 0 Å². The highest BCUT2D eigenvalue weighted by Crippen LogP contribution is 2.19. The number of carbonyl (C=O) groups is 2. The molecule has 1 heterocycles. The van der Waals surface area contributed by atoms with Gasteiger partial charge in [-0.3, -0.25) is 14.6 Å². The van der Waals surface area contributed by atoms with E-state index in [4.69, 9.17) is 0 Å². The second-order valence-corrected chi connectivity index (χ2v) is 6.99. The zero-order chi connectivity index (χ0) is 19.1. The molecule has 2 amide bonds. The van der Waals surface area contributed by atoms with Gasteiger partial charge in [0.15, 0.2) is 0 Å². The van der Waals surface area contributed by atoms with Gasteiger partial charge in [-0.2, -0.15) is 0 Å². The van der Waals surface area contributed by atoms with Crippen LogP contribution in [0.1, 0.15) is 27.7 Å². The molecule has 0 aliphatic heterocycles. The summed E-state index contributed by atoms with van der Waals surface area (Å²) in [4.78, 5) is 29.1. The summed E-state index contributed by atoms with van der Waals surface area (Å²) in [5.41, 5.74) is 2.21. The standard InChI is InChI=1S/C21H18IN3O2/c22-17-11-5-4-10-16(17)21(27)24-14-19(26)25-20(15-8-2-1-3-9-15)18-12-6-7-13-23-18/h1-13,20H,14H2,(H,24,27)(H,25,26). The number of hydrogen-bond acceptors (Lipinski definition) is 3. The van der Waals surface area contributed by atoms with Gasteiger partial charge in [-0.05, 0) is 52.4 Å². The summed E-state index contributed by atoms with van der Waals surface area (Å²) in [6, 6.07) is 22.0. The molecule has 0 spiro atoms. The van der Waals surface area contributed by atoms with E-state index in [1.165, 1.54) is 0 Å². The molecule has 3 rings (SSSR count). The summed E-state index contributed by atoms with van der Waals surface area (Å²) in [6.07, 6.45) is 1.69. The lowest BCUT2D eigenvalue weighted by Gasteiger charge is -2.19. The summed E-state index contributed by atoms with van der Waals surface area (Å²) in [5, 5.41) is 5.62. The molecule has 1 aromatic heterocycles. The van der Waals surface area contributed by atoms with Crippen molar-refractivity contribution in [2.45, 2.75) is 6.04 Å². The Labute approximate surface area is 171 Å². The fourth-order valence-electron chi connectivity index (χ4n) is 2.63. The largest absolute Gasteiger partial charge is 0.343 e. The number of pyridine rings is 1. The topological polar surface area (TPSA) is 71.1 Å². The second-order valence-electron chi connectivity index (χ2n) is 5.83. The fraction of sp³-hybridized carbons (Fsp3) is 0.0952. The highest BCUT2D eigenvalue weighted by atomic mass is 127. The van der Waals surface area contributed by atoms with Crippen molar-refractivity contribution in [2.75, 3.05) is 6.54 Å². The van der Waals surface area contributed by atoms with Crippen LogP contribution in [0.5, 0.6) is 0 Å². The number of amides is 2. The molecule has 0 saturated heterocycles. The molecule has 0 bridgehead atoms. The molecule has 2 aromatic carbocycles. The Morgan fingerprint density at radius 2 is 1.63 bits per heavy atom. The Bertz CT molecular complexity index is 877. The van der Waals surface area contributed by atoms with E-state index in [1.807, 2.05) is 60.7 Å². The van der Waals surface area contributed by atoms with Crippen LogP contribution in [0.3, 0.4) is 0 Å². The quantitative estimate of drug-likeness (QED) is 0.542. The SMILES string of the molecule is O=C(CNC(=O)c1ccccc1I)NC(c1ccccc1)c1ccccn1. The van der Waals surface area contributed by atoms with Crippen LogP contribution < -0.4 is 10.6 Å². The number of rotatable bonds is 6. The van der Waals surface area contributed by atoms with E-state index in [2.05, 4.69) is 38.2 Å². The van der Waals surface area contributed by atoms with E-state index in [-0.39, 0.29) is 24.4 Å². The lowest BCUT2D eigenvalue weighted by Crippen LogP contribution is -2.39. The molecule has 6 heteroatoms. The zero-order valence-corrected chi connectivity index (χ0v) is 16.6. The van der Waals surface area contributed by atoms with Gasteiger partial charge in [0.2, 0.25) is 5.91 Å². The molecular formula is C21H18IN3O2. The van der Waals surface area contributed by atoms with Crippen molar-refractivity contribution >= 4 is 34.4 Å². The van der Waals surface area contributed by atoms with Crippen molar-refractivity contribution in [1.82, 2.24) is 15.6 Å². The van der Waals surface area contributed by atoms with E-state index in [0.29, 0.717) is 5.56 Å². The first-order valence-corrected chi connectivity index (χ1v) is 9.51. The summed E-state index contributed by atoms with van der Waals surface area (Å²) in [6.45, 7) is -0.111. The highest BCUT2D eigenvalue weighted by molar-refractivity contribution is 14.1. The molecule has 3 aromatic rings. The van der Waals surface area contributed by atoms with Crippen LogP contribution in [0.2, 0.25) is 0 Å². The van der Waals surface area contributed by atoms with E-state index in [9.17, 15) is 9.59 Å². The first kappa shape index (κ1) is 19.0. The Kier molecular flexibility index (Phi) is 6.54. The van der Waals surface area contributed by atoms with E-state index < -0.39 is 0 Å². The van der Waals surface area contributed by atoms with Gasteiger partial charge in [0.05, 0.1) is 23.8 Å². The average molecular weight is 471 g/mol. The van der Waals surface area contributed by atoms with Crippen molar-refractivity contribution in [2.24, 2.45) is 0 Å². The van der Waals surface area contributed by atoms with Gasteiger partial charge in [-0.15, -0.1) is 0 Å². The molecule has 27 heavy (non-hydrogen) atoms. The van der Waals surface area contributed by atoms with E-state index in [0.717, 1.165) is 14.8 Å². The Morgan fingerprint density at radius 1 is 0.926 bits per heavy atom. The van der Waals surface area contributed by atoms with Crippen LogP contribution in [-0.4, -0.2) is 23.3 Å². The summed E-state index contributed by atoms with van der Waals surface area (Å²) < 4.78 is 0.837. The molecule has 1 unspecified atom stereocenters. The summed E-state index contributed by atoms with van der Waals surface area (Å²) in [5.74, 6) is -0.557. The first-order valence-electron chi connectivity index (χ1n) is 8.43. The van der Waals surface area contributed by atoms with Gasteiger partial charge < -0.3 is 10.6 Å². The molecule has 0 aliphatic carbocycles. The van der Waals surface area contributed by atoms with Gasteiger partial charge in [0.25, 0.3) is 5.91 Å². The molecule has 1 atom stereocenters. The van der Waals surface area contributed by atoms with Gasteiger partial charge in [0, 0.05) is 9.77 Å². The van der Waals surface area contributed by atoms with Crippen LogP contribution in [-0.2, 0) is 4.79 Å². The Hall–Kier alpha value is -2.74. The van der Waals surface area contributed by atoms with Crippen molar-refractivity contribution in [3.8, 4) is 0 Å². The number of nitrogens with zero attached hydrogens (tertiary/aromatic N) is 1. The highest BCUT2D eigenvalue weighted by Gasteiger charge is 2.18. The van der Waals surface area contributed by atoms with E-state index >= 15 is 0 Å². The first-order chi connectivity index (χ1) is 13.1. The maximum absolute atomic E-state index is 12.5. The van der Waals surface area contributed by atoms with Gasteiger partial charge >= 0.3 is 0 Å². The Balaban J connectivity index is 1.68. The number of hydrogen-bond donors (Lipinski definition) is 2. The molecule has 0 fully saturated rings. The third kappa shape index (κ3) is 5.13. The Morgan fingerprint density at radius 3 is 2.33 bits per heavy atom. The number of halogens is 1. The number of aromatic nitrogens is 1. The molecule has 0 radical (unpaired) electrons. The third-order valence-electron chi connectivity index (χ3n) is 3.95. The summed E-state index contributed by atoms with van der Waals surface area (Å²) >= 11 is 2.10. The second kappa shape index (κ2) is 9.27. The molecule has 0 aliphatic rings. The van der Waals surface area contributed by atoms with Gasteiger partial charge in [-0.25, -0.2) is 0 Å². The fourth-order valence-corrected chi connectivity index (χ4v) is 3.27. The van der Waals surface area contributed by atoms with Crippen LogP contribution >= 0.6 is 22.6 Å². The number of benzene rings is 2. The maximum Gasteiger partial charge on any atom is 0.252 e. The minimum absolute atomic E-state index is 0.111. The summed E-state index contributed by atoms with van der Waals surface area (Å²) in [7, 11) is 0. The van der Waals surface area contributed by atoms with Crippen molar-refractivity contribution in [3.05, 3.63) is 99.4 Å². The normalized spacial score (nSPS) is 11.4. The zero-order valence-electron chi connectivity index (χ0n) is 14.4. The van der Waals surface area contributed by atoms with Crippen LogP contribution in [0.4, 0.5) is 0 Å². The van der Waals surface area contributed by atoms with Crippen molar-refractivity contribution in [1.29, 1.82) is 0 Å². The lowest BCUT2D eigenvalue weighted by molar-refractivity contribution is -0.120. The van der Waals surface area contributed by atoms with Crippen LogP contribution in [0.15, 0.2) is 79.0 Å². The molecule has 0 saturated carbocycles. The third-order valence-corrected chi connectivity index (χ3v) is 4.89. The maximum atomic E-state index is 12.5. The minimum atomic E-state index is -0.381. The average Bonchev–Trinajstić information content (AvgIpc) is 2.72. The van der Waals surface area contributed by atoms with Gasteiger partial charge in [0.1, 0.15) is 0 Å². The number of carbonyl (C=O) groups excluding carboxylic acids is 2. The molecule has 2 N–H and O–H groups in total. The van der Waals surface area contributed by atoms with Crippen LogP contribution in [0, 0.1) is 3.57 Å². The van der Waals surface area contributed by atoms with E-state index in [1.54, 1.807) is 18.3 Å². The predicted octanol–water partition coefficient (Wildman–Crippen LogP) is 3.32. The van der Waals surface area contributed by atoms with Crippen molar-refractivity contribution < 1.29 is 9.59 Å². The monoisotopic (exact) mass is 471 g/mol. The number of nitrogens with one attached hydrogen (secondary N) is 2. The minimum Gasteiger partial charge on any atom is -0.343 e. The molecule has 5 nitrogen and oxygen atoms in total.